The summed E-state index contributed by atoms with van der Waals surface area (Å²) in [7, 11) is 0. The maximum absolute atomic E-state index is 12.0. The Hall–Kier alpha value is -1.01. The van der Waals surface area contributed by atoms with E-state index in [0.29, 0.717) is 16.8 Å². The summed E-state index contributed by atoms with van der Waals surface area (Å²) >= 11 is 3.17. The largest absolute Gasteiger partial charge is 0.394 e. The molecular formula is C10H12BrN3O2. The van der Waals surface area contributed by atoms with Gasteiger partial charge in [0.1, 0.15) is 10.3 Å². The molecule has 0 saturated carbocycles. The van der Waals surface area contributed by atoms with Crippen LogP contribution in [0.25, 0.3) is 0 Å². The summed E-state index contributed by atoms with van der Waals surface area (Å²) in [5.41, 5.74) is 0.323. The molecule has 0 radical (unpaired) electrons. The minimum atomic E-state index is -0.156. The first kappa shape index (κ1) is 11.5. The number of nitrogens with zero attached hydrogens (tertiary/aromatic N) is 3. The van der Waals surface area contributed by atoms with Crippen LogP contribution in [-0.4, -0.2) is 45.1 Å². The Kier molecular flexibility index (Phi) is 3.50. The molecule has 1 fully saturated rings. The zero-order valence-corrected chi connectivity index (χ0v) is 10.2. The molecule has 1 aliphatic rings. The number of hydrogen-bond donors (Lipinski definition) is 1. The maximum Gasteiger partial charge on any atom is 0.274 e. The van der Waals surface area contributed by atoms with E-state index in [9.17, 15) is 4.79 Å². The molecule has 6 heteroatoms. The normalized spacial score (nSPS) is 20.1. The van der Waals surface area contributed by atoms with Crippen LogP contribution in [0.15, 0.2) is 17.0 Å². The standard InChI is InChI=1S/C10H12BrN3O2/c11-9-5-12-8(4-13-9)10(16)14-3-1-2-7(14)6-15/h4-5,7,15H,1-3,6H2. The first-order chi connectivity index (χ1) is 7.72. The third-order valence-electron chi connectivity index (χ3n) is 2.69. The van der Waals surface area contributed by atoms with Crippen LogP contribution in [0.4, 0.5) is 0 Å². The summed E-state index contributed by atoms with van der Waals surface area (Å²) in [5.74, 6) is -0.156. The van der Waals surface area contributed by atoms with Gasteiger partial charge in [0.2, 0.25) is 0 Å². The van der Waals surface area contributed by atoms with E-state index >= 15 is 0 Å². The van der Waals surface area contributed by atoms with Crippen molar-refractivity contribution in [2.75, 3.05) is 13.2 Å². The van der Waals surface area contributed by atoms with E-state index in [1.165, 1.54) is 12.4 Å². The number of carbonyl (C=O) groups is 1. The Balaban J connectivity index is 2.15. The van der Waals surface area contributed by atoms with E-state index in [1.54, 1.807) is 4.90 Å². The lowest BCUT2D eigenvalue weighted by Crippen LogP contribution is -2.38. The Morgan fingerprint density at radius 3 is 3.00 bits per heavy atom. The van der Waals surface area contributed by atoms with E-state index in [-0.39, 0.29) is 18.6 Å². The van der Waals surface area contributed by atoms with Gasteiger partial charge in [0.15, 0.2) is 0 Å². The number of amides is 1. The maximum atomic E-state index is 12.0. The Bertz CT molecular complexity index is 382. The highest BCUT2D eigenvalue weighted by Gasteiger charge is 2.29. The SMILES string of the molecule is O=C(c1cnc(Br)cn1)N1CCCC1CO. The lowest BCUT2D eigenvalue weighted by Gasteiger charge is -2.22. The van der Waals surface area contributed by atoms with Crippen molar-refractivity contribution in [3.63, 3.8) is 0 Å². The van der Waals surface area contributed by atoms with Gasteiger partial charge in [-0.2, -0.15) is 0 Å². The quantitative estimate of drug-likeness (QED) is 0.874. The van der Waals surface area contributed by atoms with Crippen LogP contribution >= 0.6 is 15.9 Å². The third kappa shape index (κ3) is 2.22. The molecule has 16 heavy (non-hydrogen) atoms. The Morgan fingerprint density at radius 2 is 2.38 bits per heavy atom. The number of aromatic nitrogens is 2. The van der Waals surface area contributed by atoms with Crippen molar-refractivity contribution in [2.45, 2.75) is 18.9 Å². The van der Waals surface area contributed by atoms with Crippen LogP contribution in [0.2, 0.25) is 0 Å². The van der Waals surface area contributed by atoms with Crippen molar-refractivity contribution >= 4 is 21.8 Å². The molecule has 1 amide bonds. The zero-order valence-electron chi connectivity index (χ0n) is 8.64. The highest BCUT2D eigenvalue weighted by molar-refractivity contribution is 9.10. The fourth-order valence-electron chi connectivity index (χ4n) is 1.86. The van der Waals surface area contributed by atoms with Gasteiger partial charge in [0.25, 0.3) is 5.91 Å². The minimum absolute atomic E-state index is 0.00962. The highest BCUT2D eigenvalue weighted by Crippen LogP contribution is 2.18. The summed E-state index contributed by atoms with van der Waals surface area (Å²) in [6.07, 6.45) is 4.73. The lowest BCUT2D eigenvalue weighted by atomic mass is 10.2. The predicted molar refractivity (Wildman–Crippen MR) is 60.9 cm³/mol. The third-order valence-corrected chi connectivity index (χ3v) is 3.10. The van der Waals surface area contributed by atoms with Crippen LogP contribution < -0.4 is 0 Å². The van der Waals surface area contributed by atoms with Gasteiger partial charge in [-0.15, -0.1) is 0 Å². The molecule has 1 aliphatic heterocycles. The fourth-order valence-corrected chi connectivity index (χ4v) is 2.07. The first-order valence-corrected chi connectivity index (χ1v) is 5.91. The number of halogens is 1. The van der Waals surface area contributed by atoms with Gasteiger partial charge in [-0.25, -0.2) is 9.97 Å². The van der Waals surface area contributed by atoms with Gasteiger partial charge < -0.3 is 10.0 Å². The number of carbonyl (C=O) groups excluding carboxylic acids is 1. The molecule has 0 aromatic carbocycles. The predicted octanol–water partition coefficient (Wildman–Crippen LogP) is 0.836. The summed E-state index contributed by atoms with van der Waals surface area (Å²) in [5, 5.41) is 9.14. The van der Waals surface area contributed by atoms with E-state index in [1.807, 2.05) is 0 Å². The molecule has 1 unspecified atom stereocenters. The van der Waals surface area contributed by atoms with Gasteiger partial charge >= 0.3 is 0 Å². The van der Waals surface area contributed by atoms with E-state index in [2.05, 4.69) is 25.9 Å². The van der Waals surface area contributed by atoms with Crippen molar-refractivity contribution in [1.82, 2.24) is 14.9 Å². The summed E-state index contributed by atoms with van der Waals surface area (Å²) in [6.45, 7) is 0.692. The van der Waals surface area contributed by atoms with Crippen LogP contribution in [0.3, 0.4) is 0 Å². The first-order valence-electron chi connectivity index (χ1n) is 5.11. The highest BCUT2D eigenvalue weighted by atomic mass is 79.9. The van der Waals surface area contributed by atoms with Gasteiger partial charge in [0.05, 0.1) is 25.0 Å². The second-order valence-corrected chi connectivity index (χ2v) is 4.51. The number of aliphatic hydroxyl groups excluding tert-OH is 1. The number of hydrogen-bond acceptors (Lipinski definition) is 4. The Labute approximate surface area is 102 Å². The average molecular weight is 286 g/mol. The number of aliphatic hydroxyl groups is 1. The van der Waals surface area contributed by atoms with Crippen molar-refractivity contribution in [1.29, 1.82) is 0 Å². The van der Waals surface area contributed by atoms with Gasteiger partial charge in [0, 0.05) is 6.54 Å². The van der Waals surface area contributed by atoms with Crippen LogP contribution in [0, 0.1) is 0 Å². The lowest BCUT2D eigenvalue weighted by molar-refractivity contribution is 0.0671. The van der Waals surface area contributed by atoms with Gasteiger partial charge in [-0.1, -0.05) is 0 Å². The van der Waals surface area contributed by atoms with Crippen molar-refractivity contribution < 1.29 is 9.90 Å². The molecule has 1 aromatic rings. The van der Waals surface area contributed by atoms with Gasteiger partial charge in [-0.05, 0) is 28.8 Å². The average Bonchev–Trinajstić information content (AvgIpc) is 2.77. The molecule has 0 spiro atoms. The van der Waals surface area contributed by atoms with E-state index in [4.69, 9.17) is 5.11 Å². The molecule has 1 N–H and O–H groups in total. The van der Waals surface area contributed by atoms with Crippen molar-refractivity contribution in [3.8, 4) is 0 Å². The van der Waals surface area contributed by atoms with E-state index < -0.39 is 0 Å². The molecule has 2 rings (SSSR count). The number of likely N-dealkylation sites (tertiary alicyclic amines) is 1. The molecule has 0 bridgehead atoms. The minimum Gasteiger partial charge on any atom is -0.394 e. The monoisotopic (exact) mass is 285 g/mol. The summed E-state index contributed by atoms with van der Waals surface area (Å²) in [4.78, 5) is 21.7. The second kappa shape index (κ2) is 4.88. The molecule has 86 valence electrons. The molecular weight excluding hydrogens is 274 g/mol. The second-order valence-electron chi connectivity index (χ2n) is 3.70. The van der Waals surface area contributed by atoms with Crippen LogP contribution in [0.5, 0.6) is 0 Å². The molecule has 1 atom stereocenters. The molecule has 1 saturated heterocycles. The summed E-state index contributed by atoms with van der Waals surface area (Å²) < 4.78 is 0.601. The Morgan fingerprint density at radius 1 is 1.56 bits per heavy atom. The smallest absolute Gasteiger partial charge is 0.274 e. The topological polar surface area (TPSA) is 66.3 Å². The van der Waals surface area contributed by atoms with Crippen LogP contribution in [-0.2, 0) is 0 Å². The zero-order chi connectivity index (χ0) is 11.5. The van der Waals surface area contributed by atoms with Crippen LogP contribution in [0.1, 0.15) is 23.3 Å². The molecule has 1 aromatic heterocycles. The molecule has 0 aliphatic carbocycles. The van der Waals surface area contributed by atoms with Gasteiger partial charge in [-0.3, -0.25) is 4.79 Å². The molecule has 2 heterocycles. The van der Waals surface area contributed by atoms with Crippen molar-refractivity contribution in [3.05, 3.63) is 22.7 Å². The van der Waals surface area contributed by atoms with Crippen molar-refractivity contribution in [2.24, 2.45) is 0 Å². The molecule has 5 nitrogen and oxygen atoms in total. The van der Waals surface area contributed by atoms with E-state index in [0.717, 1.165) is 12.8 Å². The summed E-state index contributed by atoms with van der Waals surface area (Å²) in [6, 6.07) is -0.0713. The fraction of sp³-hybridized carbons (Fsp3) is 0.500. The number of rotatable bonds is 2.